The second-order valence-electron chi connectivity index (χ2n) is 8.75. The normalized spacial score (nSPS) is 33.2. The molecule has 0 saturated heterocycles. The Hall–Kier alpha value is -1.69. The van der Waals surface area contributed by atoms with Gasteiger partial charge in [-0.3, -0.25) is 9.59 Å². The maximum Gasteiger partial charge on any atom is 0.271 e. The number of aromatic nitrogens is 2. The Bertz CT molecular complexity index is 707. The standard InChI is InChI=1S/C20H29N3O3/c1-13(20-10-14-7-15(11-20)9-16(8-14)12-20)21-19(25)17-3-4-18(24)23(22-17)5-6-26-2/h3-4,13-16H,5-12H2,1-2H3,(H,21,25). The molecule has 4 aliphatic carbocycles. The van der Waals surface area contributed by atoms with E-state index in [2.05, 4.69) is 17.3 Å². The van der Waals surface area contributed by atoms with Gasteiger partial charge in [0, 0.05) is 19.2 Å². The predicted molar refractivity (Wildman–Crippen MR) is 97.9 cm³/mol. The van der Waals surface area contributed by atoms with Gasteiger partial charge in [-0.15, -0.1) is 0 Å². The van der Waals surface area contributed by atoms with Crippen LogP contribution >= 0.6 is 0 Å². The predicted octanol–water partition coefficient (Wildman–Crippen LogP) is 2.22. The van der Waals surface area contributed by atoms with Crippen LogP contribution in [0.5, 0.6) is 0 Å². The maximum absolute atomic E-state index is 12.8. The lowest BCUT2D eigenvalue weighted by molar-refractivity contribution is -0.0688. The maximum atomic E-state index is 12.8. The summed E-state index contributed by atoms with van der Waals surface area (Å²) < 4.78 is 6.30. The van der Waals surface area contributed by atoms with Gasteiger partial charge in [0.05, 0.1) is 13.2 Å². The summed E-state index contributed by atoms with van der Waals surface area (Å²) in [6, 6.07) is 3.07. The third kappa shape index (κ3) is 3.20. The second-order valence-corrected chi connectivity index (χ2v) is 8.75. The molecule has 4 fully saturated rings. The average Bonchev–Trinajstić information content (AvgIpc) is 2.59. The summed E-state index contributed by atoms with van der Waals surface area (Å²) in [6.07, 6.45) is 7.94. The summed E-state index contributed by atoms with van der Waals surface area (Å²) in [7, 11) is 1.58. The van der Waals surface area contributed by atoms with E-state index < -0.39 is 0 Å². The molecule has 6 heteroatoms. The van der Waals surface area contributed by atoms with Crippen LogP contribution in [-0.4, -0.2) is 35.4 Å². The molecule has 1 amide bonds. The largest absolute Gasteiger partial charge is 0.383 e. The number of methoxy groups -OCH3 is 1. The number of nitrogens with zero attached hydrogens (tertiary/aromatic N) is 2. The molecule has 0 radical (unpaired) electrons. The molecule has 0 aliphatic heterocycles. The zero-order chi connectivity index (χ0) is 18.3. The fourth-order valence-electron chi connectivity index (χ4n) is 6.04. The van der Waals surface area contributed by atoms with Gasteiger partial charge in [0.2, 0.25) is 0 Å². The van der Waals surface area contributed by atoms with E-state index in [1.807, 2.05) is 0 Å². The van der Waals surface area contributed by atoms with Crippen molar-refractivity contribution in [2.24, 2.45) is 23.2 Å². The summed E-state index contributed by atoms with van der Waals surface area (Å²) >= 11 is 0. The summed E-state index contributed by atoms with van der Waals surface area (Å²) in [5.74, 6) is 2.39. The molecule has 1 N–H and O–H groups in total. The first-order valence-electron chi connectivity index (χ1n) is 9.87. The minimum absolute atomic E-state index is 0.143. The minimum Gasteiger partial charge on any atom is -0.383 e. The van der Waals surface area contributed by atoms with Crippen molar-refractivity contribution in [1.29, 1.82) is 0 Å². The Kier molecular flexibility index (Phi) is 4.63. The highest BCUT2D eigenvalue weighted by molar-refractivity contribution is 5.92. The van der Waals surface area contributed by atoms with Crippen molar-refractivity contribution >= 4 is 5.91 Å². The van der Waals surface area contributed by atoms with Crippen LogP contribution in [0.2, 0.25) is 0 Å². The first-order valence-corrected chi connectivity index (χ1v) is 9.87. The van der Waals surface area contributed by atoms with Gasteiger partial charge in [-0.25, -0.2) is 4.68 Å². The topological polar surface area (TPSA) is 73.2 Å². The van der Waals surface area contributed by atoms with E-state index in [0.29, 0.717) is 18.8 Å². The van der Waals surface area contributed by atoms with Crippen LogP contribution in [0, 0.1) is 23.2 Å². The Morgan fingerprint density at radius 2 is 1.88 bits per heavy atom. The molecule has 142 valence electrons. The van der Waals surface area contributed by atoms with Crippen LogP contribution in [0.3, 0.4) is 0 Å². The number of ether oxygens (including phenoxy) is 1. The van der Waals surface area contributed by atoms with Crippen molar-refractivity contribution in [1.82, 2.24) is 15.1 Å². The van der Waals surface area contributed by atoms with Gasteiger partial charge >= 0.3 is 0 Å². The molecule has 5 rings (SSSR count). The Balaban J connectivity index is 1.47. The van der Waals surface area contributed by atoms with Gasteiger partial charge < -0.3 is 10.1 Å². The van der Waals surface area contributed by atoms with Gasteiger partial charge in [0.15, 0.2) is 0 Å². The van der Waals surface area contributed by atoms with E-state index in [0.717, 1.165) is 17.8 Å². The highest BCUT2D eigenvalue weighted by Gasteiger charge is 2.53. The minimum atomic E-state index is -0.215. The van der Waals surface area contributed by atoms with E-state index in [1.54, 1.807) is 7.11 Å². The highest BCUT2D eigenvalue weighted by Crippen LogP contribution is 2.61. The van der Waals surface area contributed by atoms with Crippen LogP contribution in [0.15, 0.2) is 16.9 Å². The van der Waals surface area contributed by atoms with E-state index in [9.17, 15) is 9.59 Å². The summed E-state index contributed by atoms with van der Waals surface area (Å²) in [4.78, 5) is 24.6. The molecule has 0 aromatic carbocycles. The van der Waals surface area contributed by atoms with Crippen molar-refractivity contribution < 1.29 is 9.53 Å². The van der Waals surface area contributed by atoms with Crippen molar-refractivity contribution in [3.63, 3.8) is 0 Å². The monoisotopic (exact) mass is 359 g/mol. The van der Waals surface area contributed by atoms with Gasteiger partial charge in [-0.2, -0.15) is 5.10 Å². The number of hydrogen-bond acceptors (Lipinski definition) is 4. The molecular formula is C20H29N3O3. The third-order valence-corrected chi connectivity index (χ3v) is 6.96. The molecule has 4 bridgehead atoms. The van der Waals surface area contributed by atoms with Crippen LogP contribution in [0.4, 0.5) is 0 Å². The molecule has 1 atom stereocenters. The quantitative estimate of drug-likeness (QED) is 0.845. The molecule has 0 spiro atoms. The number of nitrogens with one attached hydrogen (secondary N) is 1. The highest BCUT2D eigenvalue weighted by atomic mass is 16.5. The molecule has 1 heterocycles. The fourth-order valence-corrected chi connectivity index (χ4v) is 6.04. The van der Waals surface area contributed by atoms with Crippen LogP contribution < -0.4 is 10.9 Å². The molecular weight excluding hydrogens is 330 g/mol. The first kappa shape index (κ1) is 17.7. The van der Waals surface area contributed by atoms with Gasteiger partial charge in [-0.1, -0.05) is 0 Å². The fraction of sp³-hybridized carbons (Fsp3) is 0.750. The number of carbonyl (C=O) groups excluding carboxylic acids is 1. The van der Waals surface area contributed by atoms with Gasteiger partial charge in [0.25, 0.3) is 11.5 Å². The molecule has 6 nitrogen and oxygen atoms in total. The summed E-state index contributed by atoms with van der Waals surface area (Å²) in [5, 5.41) is 7.43. The van der Waals surface area contributed by atoms with Crippen LogP contribution in [0.1, 0.15) is 55.9 Å². The third-order valence-electron chi connectivity index (χ3n) is 6.96. The molecule has 1 aromatic heterocycles. The lowest BCUT2D eigenvalue weighted by Crippen LogP contribution is -2.56. The van der Waals surface area contributed by atoms with Crippen molar-refractivity contribution in [3.05, 3.63) is 28.2 Å². The Labute approximate surface area is 154 Å². The smallest absolute Gasteiger partial charge is 0.271 e. The van der Waals surface area contributed by atoms with Gasteiger partial charge in [-0.05, 0) is 74.7 Å². The molecule has 4 saturated carbocycles. The van der Waals surface area contributed by atoms with Crippen LogP contribution in [0.25, 0.3) is 0 Å². The van der Waals surface area contributed by atoms with E-state index in [1.165, 1.54) is 55.3 Å². The Morgan fingerprint density at radius 3 is 2.46 bits per heavy atom. The zero-order valence-electron chi connectivity index (χ0n) is 15.7. The lowest BCUT2D eigenvalue weighted by atomic mass is 9.48. The molecule has 26 heavy (non-hydrogen) atoms. The van der Waals surface area contributed by atoms with Gasteiger partial charge in [0.1, 0.15) is 5.69 Å². The molecule has 4 aliphatic rings. The number of amides is 1. The Morgan fingerprint density at radius 1 is 1.27 bits per heavy atom. The first-order chi connectivity index (χ1) is 12.5. The van der Waals surface area contributed by atoms with Crippen molar-refractivity contribution in [3.8, 4) is 0 Å². The number of carbonyl (C=O) groups is 1. The van der Waals surface area contributed by atoms with E-state index >= 15 is 0 Å². The number of rotatable bonds is 6. The lowest BCUT2D eigenvalue weighted by Gasteiger charge is -2.59. The SMILES string of the molecule is COCCn1nc(C(=O)NC(C)C23CC4CC(CC(C4)C2)C3)ccc1=O. The summed E-state index contributed by atoms with van der Waals surface area (Å²) in [6.45, 7) is 2.90. The van der Waals surface area contributed by atoms with E-state index in [4.69, 9.17) is 4.74 Å². The van der Waals surface area contributed by atoms with Crippen molar-refractivity contribution in [2.45, 2.75) is 58.0 Å². The van der Waals surface area contributed by atoms with E-state index in [-0.39, 0.29) is 22.9 Å². The molecule has 1 unspecified atom stereocenters. The zero-order valence-corrected chi connectivity index (χ0v) is 15.7. The van der Waals surface area contributed by atoms with Crippen molar-refractivity contribution in [2.75, 3.05) is 13.7 Å². The summed E-state index contributed by atoms with van der Waals surface area (Å²) in [5.41, 5.74) is 0.347. The van der Waals surface area contributed by atoms with Crippen LogP contribution in [-0.2, 0) is 11.3 Å². The number of hydrogen-bond donors (Lipinski definition) is 1. The second kappa shape index (κ2) is 6.80. The average molecular weight is 359 g/mol. The molecule has 1 aromatic rings.